The van der Waals surface area contributed by atoms with Crippen LogP contribution in [0.2, 0.25) is 0 Å². The number of nitrogen functional groups attached to an aromatic ring is 1. The van der Waals surface area contributed by atoms with Gasteiger partial charge < -0.3 is 10.1 Å². The van der Waals surface area contributed by atoms with E-state index in [4.69, 9.17) is 10.7 Å². The molecule has 2 atom stereocenters. The molecule has 4 heteroatoms. The van der Waals surface area contributed by atoms with Crippen LogP contribution in [-0.2, 0) is 12.0 Å². The molecular weight excluding hydrogens is 284 g/mol. The molecule has 1 fully saturated rings. The lowest BCUT2D eigenvalue weighted by Crippen LogP contribution is -2.43. The molecule has 1 aliphatic heterocycles. The summed E-state index contributed by atoms with van der Waals surface area (Å²) in [5.41, 5.74) is 10.3. The van der Waals surface area contributed by atoms with Crippen LogP contribution in [0.3, 0.4) is 0 Å². The fourth-order valence-electron chi connectivity index (χ4n) is 3.82. The molecule has 2 aromatic heterocycles. The zero-order valence-corrected chi connectivity index (χ0v) is 15.1. The SMILES string of the molecule is CC1CCCC(C)N1Cc1c(C(C)(C)C)nc2ccc(N)cn12. The van der Waals surface area contributed by atoms with Crippen LogP contribution >= 0.6 is 0 Å². The Kier molecular flexibility index (Phi) is 4.13. The molecule has 4 nitrogen and oxygen atoms in total. The van der Waals surface area contributed by atoms with Gasteiger partial charge in [-0.1, -0.05) is 27.2 Å². The zero-order valence-electron chi connectivity index (χ0n) is 15.1. The van der Waals surface area contributed by atoms with Crippen LogP contribution in [0.1, 0.15) is 65.3 Å². The fraction of sp³-hybridized carbons (Fsp3) is 0.632. The highest BCUT2D eigenvalue weighted by Gasteiger charge is 2.29. The normalized spacial score (nSPS) is 23.5. The first kappa shape index (κ1) is 16.3. The Morgan fingerprint density at radius 3 is 2.43 bits per heavy atom. The third-order valence-electron chi connectivity index (χ3n) is 5.16. The van der Waals surface area contributed by atoms with Crippen LogP contribution in [0.15, 0.2) is 18.3 Å². The molecular formula is C19H30N4. The fourth-order valence-corrected chi connectivity index (χ4v) is 3.82. The van der Waals surface area contributed by atoms with E-state index in [2.05, 4.69) is 43.9 Å². The number of hydrogen-bond acceptors (Lipinski definition) is 3. The van der Waals surface area contributed by atoms with E-state index < -0.39 is 0 Å². The molecule has 23 heavy (non-hydrogen) atoms. The molecule has 126 valence electrons. The molecule has 0 spiro atoms. The number of pyridine rings is 1. The maximum absolute atomic E-state index is 6.04. The average molecular weight is 314 g/mol. The summed E-state index contributed by atoms with van der Waals surface area (Å²) >= 11 is 0. The number of nitrogens with zero attached hydrogens (tertiary/aromatic N) is 3. The van der Waals surface area contributed by atoms with E-state index in [0.717, 1.165) is 17.9 Å². The molecule has 2 unspecified atom stereocenters. The van der Waals surface area contributed by atoms with E-state index in [-0.39, 0.29) is 5.41 Å². The predicted octanol–water partition coefficient (Wildman–Crippen LogP) is 3.98. The van der Waals surface area contributed by atoms with Crippen molar-refractivity contribution in [3.63, 3.8) is 0 Å². The van der Waals surface area contributed by atoms with E-state index >= 15 is 0 Å². The minimum absolute atomic E-state index is 0.0262. The first-order chi connectivity index (χ1) is 10.8. The Labute approximate surface area is 139 Å². The smallest absolute Gasteiger partial charge is 0.137 e. The Morgan fingerprint density at radius 2 is 1.83 bits per heavy atom. The molecule has 0 aliphatic carbocycles. The van der Waals surface area contributed by atoms with Gasteiger partial charge in [0.25, 0.3) is 0 Å². The molecule has 0 radical (unpaired) electrons. The number of piperidine rings is 1. The standard InChI is InChI=1S/C19H30N4/c1-13-7-6-8-14(2)22(13)12-16-18(19(3,4)5)21-17-10-9-15(20)11-23(16)17/h9-11,13-14H,6-8,12,20H2,1-5H3. The van der Waals surface area contributed by atoms with Gasteiger partial charge in [-0.15, -0.1) is 0 Å². The van der Waals surface area contributed by atoms with E-state index in [1.165, 1.54) is 30.7 Å². The van der Waals surface area contributed by atoms with Gasteiger partial charge in [-0.2, -0.15) is 0 Å². The Morgan fingerprint density at radius 1 is 1.17 bits per heavy atom. The van der Waals surface area contributed by atoms with Gasteiger partial charge in [0.1, 0.15) is 5.65 Å². The molecule has 1 aliphatic rings. The Bertz CT molecular complexity index is 685. The highest BCUT2D eigenvalue weighted by molar-refractivity contribution is 5.51. The lowest BCUT2D eigenvalue weighted by Gasteiger charge is -2.39. The summed E-state index contributed by atoms with van der Waals surface area (Å²) in [7, 11) is 0. The van der Waals surface area contributed by atoms with Gasteiger partial charge >= 0.3 is 0 Å². The van der Waals surface area contributed by atoms with Gasteiger partial charge in [-0.25, -0.2) is 4.98 Å². The summed E-state index contributed by atoms with van der Waals surface area (Å²) in [6.07, 6.45) is 5.93. The van der Waals surface area contributed by atoms with E-state index in [9.17, 15) is 0 Å². The lowest BCUT2D eigenvalue weighted by atomic mass is 9.90. The maximum Gasteiger partial charge on any atom is 0.137 e. The largest absolute Gasteiger partial charge is 0.398 e. The van der Waals surface area contributed by atoms with Gasteiger partial charge in [-0.05, 0) is 38.8 Å². The van der Waals surface area contributed by atoms with Gasteiger partial charge in [0, 0.05) is 35.9 Å². The third-order valence-corrected chi connectivity index (χ3v) is 5.16. The number of hydrogen-bond donors (Lipinski definition) is 1. The number of aromatic nitrogens is 2. The van der Waals surface area contributed by atoms with Crippen LogP contribution in [0, 0.1) is 0 Å². The molecule has 3 rings (SSSR count). The summed E-state index contributed by atoms with van der Waals surface area (Å²) in [5.74, 6) is 0. The molecule has 0 saturated carbocycles. The second kappa shape index (κ2) is 5.82. The lowest BCUT2D eigenvalue weighted by molar-refractivity contribution is 0.0928. The topological polar surface area (TPSA) is 46.6 Å². The molecule has 1 saturated heterocycles. The first-order valence-electron chi connectivity index (χ1n) is 8.80. The predicted molar refractivity (Wildman–Crippen MR) is 96.6 cm³/mol. The molecule has 2 N–H and O–H groups in total. The number of anilines is 1. The number of nitrogens with two attached hydrogens (primary N) is 1. The van der Waals surface area contributed by atoms with Crippen LogP contribution in [-0.4, -0.2) is 26.4 Å². The van der Waals surface area contributed by atoms with Crippen molar-refractivity contribution in [2.75, 3.05) is 5.73 Å². The van der Waals surface area contributed by atoms with Crippen LogP contribution < -0.4 is 5.73 Å². The Hall–Kier alpha value is -1.55. The molecule has 0 bridgehead atoms. The Balaban J connectivity index is 2.08. The van der Waals surface area contributed by atoms with Crippen molar-refractivity contribution in [1.82, 2.24) is 14.3 Å². The quantitative estimate of drug-likeness (QED) is 0.912. The molecule has 0 aromatic carbocycles. The van der Waals surface area contributed by atoms with Crippen molar-refractivity contribution >= 4 is 11.3 Å². The van der Waals surface area contributed by atoms with E-state index in [1.54, 1.807) is 0 Å². The van der Waals surface area contributed by atoms with Crippen molar-refractivity contribution in [2.45, 2.75) is 77.9 Å². The van der Waals surface area contributed by atoms with Gasteiger partial charge in [0.2, 0.25) is 0 Å². The molecule has 3 heterocycles. The molecule has 2 aromatic rings. The monoisotopic (exact) mass is 314 g/mol. The summed E-state index contributed by atoms with van der Waals surface area (Å²) in [4.78, 5) is 7.55. The summed E-state index contributed by atoms with van der Waals surface area (Å²) in [5, 5.41) is 0. The summed E-state index contributed by atoms with van der Waals surface area (Å²) in [6, 6.07) is 5.21. The summed E-state index contributed by atoms with van der Waals surface area (Å²) < 4.78 is 2.20. The number of fused-ring (bicyclic) bond motifs is 1. The average Bonchev–Trinajstić information content (AvgIpc) is 2.81. The van der Waals surface area contributed by atoms with Crippen LogP contribution in [0.5, 0.6) is 0 Å². The van der Waals surface area contributed by atoms with Crippen molar-refractivity contribution in [1.29, 1.82) is 0 Å². The third kappa shape index (κ3) is 3.09. The van der Waals surface area contributed by atoms with Crippen LogP contribution in [0.4, 0.5) is 5.69 Å². The second-order valence-corrected chi connectivity index (χ2v) is 8.15. The number of likely N-dealkylation sites (tertiary alicyclic amines) is 1. The van der Waals surface area contributed by atoms with Gasteiger partial charge in [0.15, 0.2) is 0 Å². The summed E-state index contributed by atoms with van der Waals surface area (Å²) in [6.45, 7) is 12.4. The molecule has 0 amide bonds. The first-order valence-corrected chi connectivity index (χ1v) is 8.80. The van der Waals surface area contributed by atoms with E-state index in [0.29, 0.717) is 12.1 Å². The number of rotatable bonds is 2. The number of imidazole rings is 1. The highest BCUT2D eigenvalue weighted by atomic mass is 15.2. The van der Waals surface area contributed by atoms with Crippen molar-refractivity contribution in [3.8, 4) is 0 Å². The maximum atomic E-state index is 6.04. The zero-order chi connectivity index (χ0) is 16.8. The highest BCUT2D eigenvalue weighted by Crippen LogP contribution is 2.31. The van der Waals surface area contributed by atoms with Crippen molar-refractivity contribution in [2.24, 2.45) is 0 Å². The van der Waals surface area contributed by atoms with E-state index in [1.807, 2.05) is 18.3 Å². The minimum Gasteiger partial charge on any atom is -0.398 e. The van der Waals surface area contributed by atoms with Gasteiger partial charge in [0.05, 0.1) is 11.4 Å². The van der Waals surface area contributed by atoms with Gasteiger partial charge in [-0.3, -0.25) is 4.90 Å². The minimum atomic E-state index is 0.0262. The second-order valence-electron chi connectivity index (χ2n) is 8.15. The van der Waals surface area contributed by atoms with Crippen molar-refractivity contribution in [3.05, 3.63) is 29.7 Å². The van der Waals surface area contributed by atoms with Crippen molar-refractivity contribution < 1.29 is 0 Å². The van der Waals surface area contributed by atoms with Crippen LogP contribution in [0.25, 0.3) is 5.65 Å².